The average Bonchev–Trinajstić information content (AvgIpc) is 2.88. The van der Waals surface area contributed by atoms with Gasteiger partial charge in [0.2, 0.25) is 0 Å². The molecule has 0 aliphatic heterocycles. The Kier molecular flexibility index (Phi) is 4.12. The second-order valence-corrected chi connectivity index (χ2v) is 4.97. The largest absolute Gasteiger partial charge is 0.508 e. The predicted octanol–water partition coefficient (Wildman–Crippen LogP) is 1.57. The lowest BCUT2D eigenvalue weighted by Crippen LogP contribution is -2.42. The van der Waals surface area contributed by atoms with E-state index in [1.807, 2.05) is 0 Å². The van der Waals surface area contributed by atoms with Gasteiger partial charge in [0.05, 0.1) is 5.56 Å². The van der Waals surface area contributed by atoms with E-state index in [4.69, 9.17) is 5.11 Å². The highest BCUT2D eigenvalue weighted by molar-refractivity contribution is 5.98. The number of aromatic hydroxyl groups is 2. The molecule has 0 bridgehead atoms. The summed E-state index contributed by atoms with van der Waals surface area (Å²) in [5.74, 6) is -2.09. The fraction of sp³-hybridized carbons (Fsp3) is 0.429. The Morgan fingerprint density at radius 1 is 1.20 bits per heavy atom. The minimum absolute atomic E-state index is 0.0101. The molecular formula is C14H17NO5. The van der Waals surface area contributed by atoms with Crippen LogP contribution in [0.1, 0.15) is 36.0 Å². The van der Waals surface area contributed by atoms with E-state index in [1.165, 1.54) is 17.0 Å². The van der Waals surface area contributed by atoms with Crippen molar-refractivity contribution in [2.24, 2.45) is 0 Å². The normalized spacial score (nSPS) is 15.2. The highest BCUT2D eigenvalue weighted by atomic mass is 16.4. The molecule has 0 radical (unpaired) electrons. The van der Waals surface area contributed by atoms with Gasteiger partial charge >= 0.3 is 5.97 Å². The number of carboxylic acid groups (broad SMARTS) is 1. The molecule has 108 valence electrons. The van der Waals surface area contributed by atoms with Crippen LogP contribution in [0.15, 0.2) is 18.2 Å². The standard InChI is InChI=1S/C14H17NO5/c16-10-5-6-11(12(17)7-10)14(20)15(8-13(18)19)9-3-1-2-4-9/h5-7,9,16-17H,1-4,8H2,(H,18,19). The van der Waals surface area contributed by atoms with Crippen molar-refractivity contribution in [2.45, 2.75) is 31.7 Å². The van der Waals surface area contributed by atoms with Crippen LogP contribution in [0.5, 0.6) is 11.5 Å². The van der Waals surface area contributed by atoms with Crippen molar-refractivity contribution in [1.29, 1.82) is 0 Å². The maximum atomic E-state index is 12.4. The molecule has 1 aromatic rings. The SMILES string of the molecule is O=C(O)CN(C(=O)c1ccc(O)cc1O)C1CCCC1. The Morgan fingerprint density at radius 3 is 2.40 bits per heavy atom. The highest BCUT2D eigenvalue weighted by Gasteiger charge is 2.30. The molecule has 0 spiro atoms. The summed E-state index contributed by atoms with van der Waals surface area (Å²) in [6.45, 7) is -0.385. The Bertz CT molecular complexity index is 522. The Labute approximate surface area is 116 Å². The number of hydrogen-bond acceptors (Lipinski definition) is 4. The quantitative estimate of drug-likeness (QED) is 0.777. The third kappa shape index (κ3) is 3.01. The first-order chi connectivity index (χ1) is 9.49. The molecule has 0 heterocycles. The number of phenols is 2. The number of nitrogens with zero attached hydrogens (tertiary/aromatic N) is 1. The lowest BCUT2D eigenvalue weighted by atomic mass is 10.1. The second-order valence-electron chi connectivity index (χ2n) is 4.97. The van der Waals surface area contributed by atoms with Gasteiger partial charge in [0.1, 0.15) is 18.0 Å². The zero-order chi connectivity index (χ0) is 14.7. The summed E-state index contributed by atoms with van der Waals surface area (Å²) < 4.78 is 0. The molecule has 0 unspecified atom stereocenters. The Morgan fingerprint density at radius 2 is 1.85 bits per heavy atom. The third-order valence-corrected chi connectivity index (χ3v) is 3.54. The van der Waals surface area contributed by atoms with Gasteiger partial charge in [-0.3, -0.25) is 9.59 Å². The predicted molar refractivity (Wildman–Crippen MR) is 70.7 cm³/mol. The van der Waals surface area contributed by atoms with Crippen LogP contribution >= 0.6 is 0 Å². The summed E-state index contributed by atoms with van der Waals surface area (Å²) in [7, 11) is 0. The molecule has 20 heavy (non-hydrogen) atoms. The molecule has 3 N–H and O–H groups in total. The van der Waals surface area contributed by atoms with Crippen LogP contribution in [0, 0.1) is 0 Å². The zero-order valence-corrected chi connectivity index (χ0v) is 11.0. The van der Waals surface area contributed by atoms with Crippen molar-refractivity contribution in [2.75, 3.05) is 6.54 Å². The topological polar surface area (TPSA) is 98.1 Å². The van der Waals surface area contributed by atoms with E-state index >= 15 is 0 Å². The number of aliphatic carboxylic acids is 1. The van der Waals surface area contributed by atoms with Gasteiger partial charge in [0.15, 0.2) is 0 Å². The fourth-order valence-corrected chi connectivity index (χ4v) is 2.58. The number of benzene rings is 1. The number of carboxylic acids is 1. The minimum Gasteiger partial charge on any atom is -0.508 e. The Hall–Kier alpha value is -2.24. The first-order valence-corrected chi connectivity index (χ1v) is 6.54. The number of hydrogen-bond donors (Lipinski definition) is 3. The Balaban J connectivity index is 2.27. The average molecular weight is 279 g/mol. The van der Waals surface area contributed by atoms with Crippen molar-refractivity contribution in [1.82, 2.24) is 4.90 Å². The maximum Gasteiger partial charge on any atom is 0.323 e. The lowest BCUT2D eigenvalue weighted by Gasteiger charge is -2.27. The number of carbonyl (C=O) groups excluding carboxylic acids is 1. The van der Waals surface area contributed by atoms with Crippen LogP contribution in [0.4, 0.5) is 0 Å². The van der Waals surface area contributed by atoms with Crippen molar-refractivity contribution in [3.05, 3.63) is 23.8 Å². The molecular weight excluding hydrogens is 262 g/mol. The lowest BCUT2D eigenvalue weighted by molar-refractivity contribution is -0.138. The van der Waals surface area contributed by atoms with Gasteiger partial charge in [0.25, 0.3) is 5.91 Å². The van der Waals surface area contributed by atoms with E-state index in [0.717, 1.165) is 31.7 Å². The van der Waals surface area contributed by atoms with Gasteiger partial charge in [-0.05, 0) is 25.0 Å². The summed E-state index contributed by atoms with van der Waals surface area (Å²) >= 11 is 0. The fourth-order valence-electron chi connectivity index (χ4n) is 2.58. The first-order valence-electron chi connectivity index (χ1n) is 6.54. The molecule has 1 amide bonds. The first kappa shape index (κ1) is 14.2. The summed E-state index contributed by atoms with van der Waals surface area (Å²) in [6.07, 6.45) is 3.49. The van der Waals surface area contributed by atoms with Gasteiger partial charge in [-0.25, -0.2) is 0 Å². The molecule has 6 heteroatoms. The van der Waals surface area contributed by atoms with E-state index in [-0.39, 0.29) is 29.6 Å². The molecule has 1 saturated carbocycles. The molecule has 1 aromatic carbocycles. The number of rotatable bonds is 4. The van der Waals surface area contributed by atoms with Crippen LogP contribution in [0.3, 0.4) is 0 Å². The van der Waals surface area contributed by atoms with Crippen LogP contribution in [-0.4, -0.2) is 44.7 Å². The van der Waals surface area contributed by atoms with Crippen LogP contribution in [-0.2, 0) is 4.79 Å². The van der Waals surface area contributed by atoms with E-state index in [1.54, 1.807) is 0 Å². The third-order valence-electron chi connectivity index (χ3n) is 3.54. The van der Waals surface area contributed by atoms with Gasteiger partial charge in [0, 0.05) is 12.1 Å². The van der Waals surface area contributed by atoms with Gasteiger partial charge in [-0.1, -0.05) is 12.8 Å². The van der Waals surface area contributed by atoms with Crippen LogP contribution in [0.2, 0.25) is 0 Å². The number of carbonyl (C=O) groups is 2. The molecule has 1 aliphatic carbocycles. The van der Waals surface area contributed by atoms with E-state index in [0.29, 0.717) is 0 Å². The van der Waals surface area contributed by atoms with Crippen LogP contribution in [0.25, 0.3) is 0 Å². The molecule has 1 fully saturated rings. The summed E-state index contributed by atoms with van der Waals surface area (Å²) in [5.41, 5.74) is 0.0101. The number of phenolic OH excluding ortho intramolecular Hbond substituents is 2. The van der Waals surface area contributed by atoms with Crippen molar-refractivity contribution < 1.29 is 24.9 Å². The summed E-state index contributed by atoms with van der Waals surface area (Å²) in [4.78, 5) is 24.7. The van der Waals surface area contributed by atoms with Gasteiger partial charge in [-0.15, -0.1) is 0 Å². The van der Waals surface area contributed by atoms with Crippen molar-refractivity contribution in [3.8, 4) is 11.5 Å². The zero-order valence-electron chi connectivity index (χ0n) is 11.0. The van der Waals surface area contributed by atoms with Crippen molar-refractivity contribution in [3.63, 3.8) is 0 Å². The molecule has 6 nitrogen and oxygen atoms in total. The minimum atomic E-state index is -1.08. The second kappa shape index (κ2) is 5.81. The highest BCUT2D eigenvalue weighted by Crippen LogP contribution is 2.28. The smallest absolute Gasteiger partial charge is 0.323 e. The van der Waals surface area contributed by atoms with E-state index in [2.05, 4.69) is 0 Å². The summed E-state index contributed by atoms with van der Waals surface area (Å²) in [5, 5.41) is 27.9. The molecule has 0 atom stereocenters. The van der Waals surface area contributed by atoms with Gasteiger partial charge < -0.3 is 20.2 Å². The number of amides is 1. The summed E-state index contributed by atoms with van der Waals surface area (Å²) in [6, 6.07) is 3.56. The van der Waals surface area contributed by atoms with E-state index in [9.17, 15) is 19.8 Å². The molecule has 2 rings (SSSR count). The van der Waals surface area contributed by atoms with Crippen LogP contribution < -0.4 is 0 Å². The molecule has 0 aromatic heterocycles. The molecule has 1 aliphatic rings. The van der Waals surface area contributed by atoms with Crippen molar-refractivity contribution >= 4 is 11.9 Å². The maximum absolute atomic E-state index is 12.4. The monoisotopic (exact) mass is 279 g/mol. The van der Waals surface area contributed by atoms with Gasteiger partial charge in [-0.2, -0.15) is 0 Å². The van der Waals surface area contributed by atoms with E-state index < -0.39 is 11.9 Å². The molecule has 0 saturated heterocycles.